The largest absolute Gasteiger partial charge is 0.454 e. The minimum Gasteiger partial charge on any atom is -0.454 e. The highest BCUT2D eigenvalue weighted by Gasteiger charge is 2.32. The highest BCUT2D eigenvalue weighted by atomic mass is 16.7. The van der Waals surface area contributed by atoms with E-state index in [1.165, 1.54) is 12.8 Å². The van der Waals surface area contributed by atoms with Crippen LogP contribution in [0.5, 0.6) is 11.5 Å². The van der Waals surface area contributed by atoms with Crippen LogP contribution in [0.25, 0.3) is 0 Å². The van der Waals surface area contributed by atoms with Crippen LogP contribution in [0.3, 0.4) is 0 Å². The molecule has 0 spiro atoms. The van der Waals surface area contributed by atoms with Crippen LogP contribution in [-0.2, 0) is 6.54 Å². The minimum absolute atomic E-state index is 0.0324. The number of hydrogen-bond donors (Lipinski definition) is 1. The first kappa shape index (κ1) is 16.5. The summed E-state index contributed by atoms with van der Waals surface area (Å²) in [6.07, 6.45) is 4.83. The average molecular weight is 345 g/mol. The van der Waals surface area contributed by atoms with E-state index in [2.05, 4.69) is 10.2 Å². The van der Waals surface area contributed by atoms with Crippen LogP contribution in [0.2, 0.25) is 0 Å². The molecule has 1 aliphatic carbocycles. The number of amides is 2. The van der Waals surface area contributed by atoms with Crippen LogP contribution >= 0.6 is 0 Å². The van der Waals surface area contributed by atoms with E-state index in [0.717, 1.165) is 49.0 Å². The van der Waals surface area contributed by atoms with Gasteiger partial charge < -0.3 is 24.6 Å². The molecule has 1 saturated carbocycles. The smallest absolute Gasteiger partial charge is 0.317 e. The molecule has 4 rings (SSSR count). The van der Waals surface area contributed by atoms with E-state index >= 15 is 0 Å². The molecule has 2 amide bonds. The fraction of sp³-hybridized carbons (Fsp3) is 0.632. The topological polar surface area (TPSA) is 54.0 Å². The molecule has 0 bridgehead atoms. The lowest BCUT2D eigenvalue weighted by molar-refractivity contribution is 0.168. The summed E-state index contributed by atoms with van der Waals surface area (Å²) < 4.78 is 10.8. The predicted octanol–water partition coefficient (Wildman–Crippen LogP) is 2.57. The lowest BCUT2D eigenvalue weighted by Gasteiger charge is -2.33. The van der Waals surface area contributed by atoms with Gasteiger partial charge in [0.2, 0.25) is 6.79 Å². The first-order valence-corrected chi connectivity index (χ1v) is 9.41. The molecular weight excluding hydrogens is 318 g/mol. The van der Waals surface area contributed by atoms with Crippen LogP contribution in [0.15, 0.2) is 18.2 Å². The Hall–Kier alpha value is -1.95. The van der Waals surface area contributed by atoms with Gasteiger partial charge in [-0.25, -0.2) is 4.79 Å². The maximum Gasteiger partial charge on any atom is 0.317 e. The summed E-state index contributed by atoms with van der Waals surface area (Å²) in [7, 11) is 0. The number of carbonyl (C=O) groups excluding carboxylic acids is 1. The number of hydrogen-bond acceptors (Lipinski definition) is 4. The molecule has 0 radical (unpaired) electrons. The van der Waals surface area contributed by atoms with Gasteiger partial charge in [-0.05, 0) is 50.3 Å². The highest BCUT2D eigenvalue weighted by molar-refractivity contribution is 5.74. The van der Waals surface area contributed by atoms with Crippen molar-refractivity contribution in [3.63, 3.8) is 0 Å². The molecule has 0 aromatic heterocycles. The van der Waals surface area contributed by atoms with Gasteiger partial charge >= 0.3 is 6.03 Å². The van der Waals surface area contributed by atoms with Crippen molar-refractivity contribution in [1.29, 1.82) is 0 Å². The summed E-state index contributed by atoms with van der Waals surface area (Å²) in [5, 5.41) is 3.23. The number of piperidine rings is 1. The quantitative estimate of drug-likeness (QED) is 0.891. The van der Waals surface area contributed by atoms with E-state index < -0.39 is 0 Å². The van der Waals surface area contributed by atoms with Crippen LogP contribution in [0.1, 0.15) is 38.2 Å². The summed E-state index contributed by atoms with van der Waals surface area (Å²) >= 11 is 0. The van der Waals surface area contributed by atoms with Crippen LogP contribution < -0.4 is 14.8 Å². The number of nitrogens with zero attached hydrogens (tertiary/aromatic N) is 2. The van der Waals surface area contributed by atoms with Gasteiger partial charge in [0, 0.05) is 38.3 Å². The standard InChI is InChI=1S/C19H27N3O3/c1-2-21(12-14-3-6-17-18(11-14)25-13-24-17)19(23)20-15-7-9-22(10-8-15)16-4-5-16/h3,6,11,15-16H,2,4-5,7-10,12-13H2,1H3,(H,20,23). The number of nitrogens with one attached hydrogen (secondary N) is 1. The van der Waals surface area contributed by atoms with Crippen LogP contribution in [0, 0.1) is 0 Å². The second kappa shape index (κ2) is 7.12. The number of likely N-dealkylation sites (tertiary alicyclic amines) is 1. The molecule has 2 aliphatic heterocycles. The first-order valence-electron chi connectivity index (χ1n) is 9.41. The van der Waals surface area contributed by atoms with Crippen molar-refractivity contribution >= 4 is 6.03 Å². The number of fused-ring (bicyclic) bond motifs is 1. The van der Waals surface area contributed by atoms with Crippen molar-refractivity contribution in [1.82, 2.24) is 15.1 Å². The molecule has 1 aromatic rings. The Bertz CT molecular complexity index is 624. The second-order valence-electron chi connectivity index (χ2n) is 7.19. The van der Waals surface area contributed by atoms with Gasteiger partial charge in [0.15, 0.2) is 11.5 Å². The summed E-state index contributed by atoms with van der Waals surface area (Å²) in [5.74, 6) is 1.54. The molecule has 136 valence electrons. The Kier molecular flexibility index (Phi) is 4.70. The summed E-state index contributed by atoms with van der Waals surface area (Å²) in [5.41, 5.74) is 1.06. The molecule has 6 nitrogen and oxygen atoms in total. The van der Waals surface area contributed by atoms with Crippen molar-refractivity contribution in [3.8, 4) is 11.5 Å². The van der Waals surface area contributed by atoms with E-state index in [0.29, 0.717) is 19.1 Å². The van der Waals surface area contributed by atoms with Crippen molar-refractivity contribution < 1.29 is 14.3 Å². The van der Waals surface area contributed by atoms with E-state index in [4.69, 9.17) is 9.47 Å². The number of ether oxygens (including phenoxy) is 2. The zero-order chi connectivity index (χ0) is 17.2. The molecule has 6 heteroatoms. The van der Waals surface area contributed by atoms with Gasteiger partial charge in [-0.2, -0.15) is 0 Å². The summed E-state index contributed by atoms with van der Waals surface area (Å²) in [6.45, 7) is 5.79. The zero-order valence-corrected chi connectivity index (χ0v) is 14.9. The molecule has 0 atom stereocenters. The second-order valence-corrected chi connectivity index (χ2v) is 7.19. The maximum absolute atomic E-state index is 12.7. The molecule has 0 unspecified atom stereocenters. The zero-order valence-electron chi connectivity index (χ0n) is 14.9. The Labute approximate surface area is 149 Å². The third-order valence-corrected chi connectivity index (χ3v) is 5.40. The first-order chi connectivity index (χ1) is 12.2. The molecule has 1 N–H and O–H groups in total. The van der Waals surface area contributed by atoms with E-state index in [1.54, 1.807) is 0 Å². The van der Waals surface area contributed by atoms with Gasteiger partial charge in [0.25, 0.3) is 0 Å². The average Bonchev–Trinajstić information content (AvgIpc) is 3.38. The van der Waals surface area contributed by atoms with E-state index in [-0.39, 0.29) is 12.8 Å². The molecular formula is C19H27N3O3. The fourth-order valence-corrected chi connectivity index (χ4v) is 3.70. The SMILES string of the molecule is CCN(Cc1ccc2c(c1)OCO2)C(=O)NC1CCN(C2CC2)CC1. The van der Waals surface area contributed by atoms with Crippen LogP contribution in [-0.4, -0.2) is 54.3 Å². The molecule has 3 aliphatic rings. The van der Waals surface area contributed by atoms with E-state index in [1.807, 2.05) is 30.0 Å². The third-order valence-electron chi connectivity index (χ3n) is 5.40. The van der Waals surface area contributed by atoms with Gasteiger partial charge in [-0.1, -0.05) is 6.07 Å². The summed E-state index contributed by atoms with van der Waals surface area (Å²) in [4.78, 5) is 17.1. The van der Waals surface area contributed by atoms with Crippen molar-refractivity contribution in [3.05, 3.63) is 23.8 Å². The van der Waals surface area contributed by atoms with E-state index in [9.17, 15) is 4.79 Å². The van der Waals surface area contributed by atoms with Gasteiger partial charge in [-0.3, -0.25) is 0 Å². The Morgan fingerprint density at radius 3 is 2.68 bits per heavy atom. The number of urea groups is 1. The highest BCUT2D eigenvalue weighted by Crippen LogP contribution is 2.33. The molecule has 2 fully saturated rings. The number of benzene rings is 1. The predicted molar refractivity (Wildman–Crippen MR) is 94.8 cm³/mol. The number of rotatable bonds is 5. The monoisotopic (exact) mass is 345 g/mol. The Morgan fingerprint density at radius 1 is 1.20 bits per heavy atom. The lowest BCUT2D eigenvalue weighted by Crippen LogP contribution is -2.49. The van der Waals surface area contributed by atoms with Crippen molar-refractivity contribution in [2.45, 2.75) is 51.2 Å². The molecule has 1 saturated heterocycles. The third kappa shape index (κ3) is 3.84. The Balaban J connectivity index is 1.30. The van der Waals surface area contributed by atoms with Gasteiger partial charge in [-0.15, -0.1) is 0 Å². The van der Waals surface area contributed by atoms with Crippen molar-refractivity contribution in [2.24, 2.45) is 0 Å². The Morgan fingerprint density at radius 2 is 1.96 bits per heavy atom. The van der Waals surface area contributed by atoms with Crippen molar-refractivity contribution in [2.75, 3.05) is 26.4 Å². The normalized spacial score (nSPS) is 20.5. The molecule has 2 heterocycles. The minimum atomic E-state index is 0.0324. The lowest BCUT2D eigenvalue weighted by atomic mass is 10.1. The van der Waals surface area contributed by atoms with Gasteiger partial charge in [0.05, 0.1) is 0 Å². The van der Waals surface area contributed by atoms with Gasteiger partial charge in [0.1, 0.15) is 0 Å². The molecule has 25 heavy (non-hydrogen) atoms. The summed E-state index contributed by atoms with van der Waals surface area (Å²) in [6, 6.07) is 7.04. The fourth-order valence-electron chi connectivity index (χ4n) is 3.70. The molecule has 1 aromatic carbocycles. The van der Waals surface area contributed by atoms with Crippen LogP contribution in [0.4, 0.5) is 4.79 Å². The number of carbonyl (C=O) groups is 1. The maximum atomic E-state index is 12.7.